The van der Waals surface area contributed by atoms with Crippen LogP contribution >= 0.6 is 0 Å². The van der Waals surface area contributed by atoms with Crippen LogP contribution < -0.4 is 27.0 Å². The molecule has 12 nitrogen and oxygen atoms in total. The van der Waals surface area contributed by atoms with E-state index in [2.05, 4.69) is 21.3 Å². The molecule has 1 aromatic rings. The van der Waals surface area contributed by atoms with Crippen molar-refractivity contribution in [3.8, 4) is 0 Å². The number of carbonyl (C=O) groups is 4. The fraction of sp³-hybridized carbons (Fsp3) is 0.542. The van der Waals surface area contributed by atoms with E-state index in [1.54, 1.807) is 0 Å². The highest BCUT2D eigenvalue weighted by Gasteiger charge is 2.25. The van der Waals surface area contributed by atoms with Crippen LogP contribution in [0.25, 0.3) is 0 Å². The molecule has 1 saturated heterocycles. The number of fused-ring (bicyclic) bond motifs is 1. The minimum atomic E-state index is -1.26. The molecule has 196 valence electrons. The summed E-state index contributed by atoms with van der Waals surface area (Å²) in [6.45, 7) is 1.98. The molecule has 0 radical (unpaired) electrons. The zero-order valence-corrected chi connectivity index (χ0v) is 20.3. The predicted octanol–water partition coefficient (Wildman–Crippen LogP) is 1.89. The molecule has 0 aliphatic carbocycles. The lowest BCUT2D eigenvalue weighted by molar-refractivity contribution is -0.123. The lowest BCUT2D eigenvalue weighted by Crippen LogP contribution is -2.47. The molecule has 0 saturated carbocycles. The molecule has 12 heteroatoms. The molecule has 0 spiro atoms. The Kier molecular flexibility index (Phi) is 9.48. The molecule has 1 aromatic carbocycles. The van der Waals surface area contributed by atoms with Gasteiger partial charge in [-0.25, -0.2) is 4.79 Å². The molecule has 1 unspecified atom stereocenters. The second-order valence-corrected chi connectivity index (χ2v) is 9.26. The highest BCUT2D eigenvalue weighted by Crippen LogP contribution is 2.23. The lowest BCUT2D eigenvalue weighted by Gasteiger charge is -2.32. The van der Waals surface area contributed by atoms with Gasteiger partial charge in [0.05, 0.1) is 11.3 Å². The number of nitrogens with one attached hydrogen (secondary N) is 5. The van der Waals surface area contributed by atoms with E-state index >= 15 is 0 Å². The number of anilines is 2. The number of amides is 4. The SMILES string of the molecule is N=C(N)N1CCC(CCNC(=O)C2CCCCCC(=O)Nc3cc(NC(=O)O)ccc3C(=O)N2)CC1. The van der Waals surface area contributed by atoms with Gasteiger partial charge in [-0.3, -0.25) is 25.1 Å². The molecule has 4 amide bonds. The van der Waals surface area contributed by atoms with Crippen LogP contribution in [0.4, 0.5) is 16.2 Å². The van der Waals surface area contributed by atoms with E-state index in [-0.39, 0.29) is 41.1 Å². The van der Waals surface area contributed by atoms with Gasteiger partial charge in [0.15, 0.2) is 5.96 Å². The van der Waals surface area contributed by atoms with Crippen molar-refractivity contribution in [1.29, 1.82) is 5.41 Å². The maximum absolute atomic E-state index is 13.1. The fourth-order valence-electron chi connectivity index (χ4n) is 4.56. The highest BCUT2D eigenvalue weighted by molar-refractivity contribution is 6.06. The van der Waals surface area contributed by atoms with Crippen molar-refractivity contribution in [3.05, 3.63) is 23.8 Å². The first kappa shape index (κ1) is 26.8. The predicted molar refractivity (Wildman–Crippen MR) is 135 cm³/mol. The molecular formula is C24H35N7O5. The second-order valence-electron chi connectivity index (χ2n) is 9.26. The molecule has 36 heavy (non-hydrogen) atoms. The van der Waals surface area contributed by atoms with E-state index in [1.807, 2.05) is 4.90 Å². The van der Waals surface area contributed by atoms with Gasteiger partial charge in [0.1, 0.15) is 6.04 Å². The summed E-state index contributed by atoms with van der Waals surface area (Å²) in [5, 5.41) is 27.1. The van der Waals surface area contributed by atoms with Crippen LogP contribution in [0.1, 0.15) is 61.7 Å². The largest absolute Gasteiger partial charge is 0.465 e. The Labute approximate surface area is 209 Å². The average Bonchev–Trinajstić information content (AvgIpc) is 2.82. The number of carboxylic acid groups (broad SMARTS) is 1. The Morgan fingerprint density at radius 1 is 1.14 bits per heavy atom. The summed E-state index contributed by atoms with van der Waals surface area (Å²) in [4.78, 5) is 51.2. The van der Waals surface area contributed by atoms with E-state index < -0.39 is 18.0 Å². The van der Waals surface area contributed by atoms with Crippen LogP contribution in [0.2, 0.25) is 0 Å². The quantitative estimate of drug-likeness (QED) is 0.237. The summed E-state index contributed by atoms with van der Waals surface area (Å²) in [5.41, 5.74) is 6.08. The van der Waals surface area contributed by atoms with Crippen molar-refractivity contribution in [2.24, 2.45) is 11.7 Å². The number of carbonyl (C=O) groups excluding carboxylic acids is 3. The van der Waals surface area contributed by atoms with E-state index in [4.69, 9.17) is 16.2 Å². The summed E-state index contributed by atoms with van der Waals surface area (Å²) in [6, 6.07) is 3.51. The number of hydrogen-bond donors (Lipinski definition) is 7. The molecule has 1 atom stereocenters. The summed E-state index contributed by atoms with van der Waals surface area (Å²) in [7, 11) is 0. The smallest absolute Gasteiger partial charge is 0.409 e. The molecule has 2 aliphatic heterocycles. The molecule has 0 bridgehead atoms. The lowest BCUT2D eigenvalue weighted by atomic mass is 9.93. The third-order valence-corrected chi connectivity index (χ3v) is 6.62. The number of likely N-dealkylation sites (tertiary alicyclic amines) is 1. The molecule has 1 fully saturated rings. The van der Waals surface area contributed by atoms with Gasteiger partial charge in [-0.05, 0) is 56.2 Å². The van der Waals surface area contributed by atoms with Crippen LogP contribution in [-0.4, -0.2) is 65.5 Å². The number of nitrogens with zero attached hydrogens (tertiary/aromatic N) is 1. The van der Waals surface area contributed by atoms with E-state index in [0.717, 1.165) is 38.8 Å². The van der Waals surface area contributed by atoms with Crippen LogP contribution in [-0.2, 0) is 9.59 Å². The standard InChI is InChI=1S/C24H35N7O5/c25-23(26)31-12-9-15(10-13-31)8-11-27-22(34)18-4-2-1-3-5-20(32)29-19-14-16(28-24(35)36)6-7-17(19)21(33)30-18/h6-7,14-15,18,28H,1-5,8-13H2,(H3,25,26)(H,27,34)(H,29,32)(H,30,33)(H,35,36). The van der Waals surface area contributed by atoms with Crippen molar-refractivity contribution in [2.75, 3.05) is 30.3 Å². The fourth-order valence-corrected chi connectivity index (χ4v) is 4.56. The zero-order valence-electron chi connectivity index (χ0n) is 20.3. The minimum absolute atomic E-state index is 0.0931. The molecule has 3 rings (SSSR count). The van der Waals surface area contributed by atoms with Crippen LogP contribution in [0.3, 0.4) is 0 Å². The van der Waals surface area contributed by atoms with Gasteiger partial charge < -0.3 is 31.7 Å². The number of nitrogens with two attached hydrogens (primary N) is 1. The first-order valence-corrected chi connectivity index (χ1v) is 12.3. The van der Waals surface area contributed by atoms with E-state index in [9.17, 15) is 19.2 Å². The highest BCUT2D eigenvalue weighted by atomic mass is 16.4. The van der Waals surface area contributed by atoms with Gasteiger partial charge in [-0.15, -0.1) is 0 Å². The summed E-state index contributed by atoms with van der Waals surface area (Å²) < 4.78 is 0. The first-order chi connectivity index (χ1) is 17.2. The normalized spacial score (nSPS) is 19.6. The molecule has 8 N–H and O–H groups in total. The van der Waals surface area contributed by atoms with Gasteiger partial charge in [0, 0.05) is 31.7 Å². The number of piperidine rings is 1. The van der Waals surface area contributed by atoms with Gasteiger partial charge in [0.25, 0.3) is 5.91 Å². The Morgan fingerprint density at radius 2 is 1.89 bits per heavy atom. The molecule has 2 heterocycles. The number of benzene rings is 1. The first-order valence-electron chi connectivity index (χ1n) is 12.3. The maximum Gasteiger partial charge on any atom is 0.409 e. The molecule has 2 aliphatic rings. The van der Waals surface area contributed by atoms with Crippen LogP contribution in [0.5, 0.6) is 0 Å². The zero-order chi connectivity index (χ0) is 26.1. The van der Waals surface area contributed by atoms with Crippen LogP contribution in [0.15, 0.2) is 18.2 Å². The van der Waals surface area contributed by atoms with E-state index in [0.29, 0.717) is 31.7 Å². The Hall–Kier alpha value is -3.83. The van der Waals surface area contributed by atoms with Crippen molar-refractivity contribution < 1.29 is 24.3 Å². The number of hydrogen-bond acceptors (Lipinski definition) is 5. The minimum Gasteiger partial charge on any atom is -0.465 e. The molecule has 0 aromatic heterocycles. The Morgan fingerprint density at radius 3 is 2.58 bits per heavy atom. The molecular weight excluding hydrogens is 466 g/mol. The average molecular weight is 502 g/mol. The topological polar surface area (TPSA) is 190 Å². The van der Waals surface area contributed by atoms with Gasteiger partial charge in [-0.1, -0.05) is 12.8 Å². The third-order valence-electron chi connectivity index (χ3n) is 6.62. The van der Waals surface area contributed by atoms with Gasteiger partial charge in [-0.2, -0.15) is 0 Å². The van der Waals surface area contributed by atoms with Crippen molar-refractivity contribution in [1.82, 2.24) is 15.5 Å². The summed E-state index contributed by atoms with van der Waals surface area (Å²) >= 11 is 0. The Bertz CT molecular complexity index is 991. The maximum atomic E-state index is 13.1. The summed E-state index contributed by atoms with van der Waals surface area (Å²) in [5.74, 6) is -0.507. The van der Waals surface area contributed by atoms with Crippen LogP contribution in [0, 0.1) is 11.3 Å². The second kappa shape index (κ2) is 12.8. The Balaban J connectivity index is 1.63. The third kappa shape index (κ3) is 7.85. The number of guanidine groups is 1. The van der Waals surface area contributed by atoms with Crippen molar-refractivity contribution in [3.63, 3.8) is 0 Å². The van der Waals surface area contributed by atoms with Gasteiger partial charge in [0.2, 0.25) is 11.8 Å². The summed E-state index contributed by atoms with van der Waals surface area (Å²) in [6.07, 6.45) is 4.13. The van der Waals surface area contributed by atoms with E-state index in [1.165, 1.54) is 18.2 Å². The van der Waals surface area contributed by atoms with Crippen molar-refractivity contribution >= 4 is 41.1 Å². The number of rotatable bonds is 5. The van der Waals surface area contributed by atoms with Gasteiger partial charge >= 0.3 is 6.09 Å². The van der Waals surface area contributed by atoms with Crippen molar-refractivity contribution in [2.45, 2.75) is 57.4 Å². The monoisotopic (exact) mass is 501 g/mol.